The maximum absolute atomic E-state index is 11.5. The molecular weight excluding hydrogens is 256 g/mol. The molecule has 1 amide bonds. The Hall–Kier alpha value is -1.88. The molecule has 0 saturated heterocycles. The highest BCUT2D eigenvalue weighted by atomic mass is 16.5. The number of hydrogen-bond donors (Lipinski definition) is 2. The number of carbonyl (C=O) groups is 2. The van der Waals surface area contributed by atoms with Crippen molar-refractivity contribution < 1.29 is 14.3 Å². The first-order valence-corrected chi connectivity index (χ1v) is 6.66. The molecule has 5 heteroatoms. The Morgan fingerprint density at radius 2 is 1.85 bits per heavy atom. The Kier molecular flexibility index (Phi) is 6.73. The van der Waals surface area contributed by atoms with Gasteiger partial charge in [-0.1, -0.05) is 24.3 Å². The molecule has 0 aliphatic rings. The van der Waals surface area contributed by atoms with Gasteiger partial charge in [-0.05, 0) is 25.0 Å². The van der Waals surface area contributed by atoms with Crippen molar-refractivity contribution in [3.8, 4) is 0 Å². The lowest BCUT2D eigenvalue weighted by Crippen LogP contribution is -2.37. The van der Waals surface area contributed by atoms with Gasteiger partial charge in [0.05, 0.1) is 20.1 Å². The van der Waals surface area contributed by atoms with Gasteiger partial charge < -0.3 is 15.4 Å². The second kappa shape index (κ2) is 8.32. The van der Waals surface area contributed by atoms with Gasteiger partial charge in [-0.3, -0.25) is 9.59 Å². The Morgan fingerprint density at radius 1 is 1.20 bits per heavy atom. The third-order valence-electron chi connectivity index (χ3n) is 2.73. The monoisotopic (exact) mass is 278 g/mol. The van der Waals surface area contributed by atoms with Gasteiger partial charge in [-0.15, -0.1) is 0 Å². The fourth-order valence-electron chi connectivity index (χ4n) is 1.81. The van der Waals surface area contributed by atoms with Crippen LogP contribution in [0, 0.1) is 0 Å². The molecule has 0 unspecified atom stereocenters. The van der Waals surface area contributed by atoms with Gasteiger partial charge in [0, 0.05) is 12.6 Å². The number of carbonyl (C=O) groups excluding carboxylic acids is 2. The van der Waals surface area contributed by atoms with Gasteiger partial charge in [0.2, 0.25) is 5.91 Å². The third-order valence-corrected chi connectivity index (χ3v) is 2.73. The average Bonchev–Trinajstić information content (AvgIpc) is 2.39. The summed E-state index contributed by atoms with van der Waals surface area (Å²) >= 11 is 0. The lowest BCUT2D eigenvalue weighted by molar-refractivity contribution is -0.139. The second-order valence-electron chi connectivity index (χ2n) is 4.85. The average molecular weight is 278 g/mol. The summed E-state index contributed by atoms with van der Waals surface area (Å²) in [6.07, 6.45) is 0.243. The van der Waals surface area contributed by atoms with E-state index in [1.165, 1.54) is 7.11 Å². The predicted molar refractivity (Wildman–Crippen MR) is 77.1 cm³/mol. The smallest absolute Gasteiger partial charge is 0.309 e. The van der Waals surface area contributed by atoms with Gasteiger partial charge in [0.1, 0.15) is 0 Å². The maximum Gasteiger partial charge on any atom is 0.309 e. The van der Waals surface area contributed by atoms with Crippen molar-refractivity contribution in [2.75, 3.05) is 13.7 Å². The van der Waals surface area contributed by atoms with Crippen molar-refractivity contribution in [1.29, 1.82) is 0 Å². The van der Waals surface area contributed by atoms with Crippen LogP contribution in [-0.4, -0.2) is 31.6 Å². The number of benzene rings is 1. The number of nitrogens with one attached hydrogen (secondary N) is 2. The van der Waals surface area contributed by atoms with Crippen LogP contribution in [0.4, 0.5) is 0 Å². The van der Waals surface area contributed by atoms with E-state index < -0.39 is 0 Å². The van der Waals surface area contributed by atoms with E-state index in [0.29, 0.717) is 6.54 Å². The Balaban J connectivity index is 2.51. The summed E-state index contributed by atoms with van der Waals surface area (Å²) in [5.41, 5.74) is 1.91. The zero-order valence-corrected chi connectivity index (χ0v) is 12.2. The van der Waals surface area contributed by atoms with E-state index in [4.69, 9.17) is 0 Å². The molecule has 1 aromatic rings. The quantitative estimate of drug-likeness (QED) is 0.731. The van der Waals surface area contributed by atoms with E-state index in [9.17, 15) is 9.59 Å². The van der Waals surface area contributed by atoms with Crippen LogP contribution in [0.2, 0.25) is 0 Å². The van der Waals surface area contributed by atoms with Gasteiger partial charge >= 0.3 is 5.97 Å². The molecule has 1 rings (SSSR count). The Labute approximate surface area is 119 Å². The summed E-state index contributed by atoms with van der Waals surface area (Å²) in [6.45, 7) is 4.64. The summed E-state index contributed by atoms with van der Waals surface area (Å²) < 4.78 is 4.67. The maximum atomic E-state index is 11.5. The number of amides is 1. The summed E-state index contributed by atoms with van der Waals surface area (Å²) in [5, 5.41) is 5.88. The molecule has 0 atom stereocenters. The first kappa shape index (κ1) is 16.2. The minimum absolute atomic E-state index is 0.0366. The summed E-state index contributed by atoms with van der Waals surface area (Å²) in [5.74, 6) is -0.305. The molecule has 20 heavy (non-hydrogen) atoms. The molecule has 0 bridgehead atoms. The molecule has 0 radical (unpaired) electrons. The topological polar surface area (TPSA) is 67.4 Å². The van der Waals surface area contributed by atoms with Gasteiger partial charge in [-0.25, -0.2) is 0 Å². The first-order chi connectivity index (χ1) is 9.52. The standard InChI is InChI=1S/C15H22N2O3/c1-11(2)17-14(18)10-16-9-13-7-5-4-6-12(13)8-15(19)20-3/h4-7,11,16H,8-10H2,1-3H3,(H,17,18). The number of methoxy groups -OCH3 is 1. The van der Waals surface area contributed by atoms with Crippen molar-refractivity contribution in [3.05, 3.63) is 35.4 Å². The van der Waals surface area contributed by atoms with Crippen LogP contribution in [0.3, 0.4) is 0 Å². The molecule has 0 aliphatic heterocycles. The van der Waals surface area contributed by atoms with Crippen LogP contribution in [0.5, 0.6) is 0 Å². The van der Waals surface area contributed by atoms with Gasteiger partial charge in [0.15, 0.2) is 0 Å². The summed E-state index contributed by atoms with van der Waals surface area (Å²) in [7, 11) is 1.37. The molecule has 0 spiro atoms. The van der Waals surface area contributed by atoms with Crippen molar-refractivity contribution in [2.24, 2.45) is 0 Å². The zero-order chi connectivity index (χ0) is 15.0. The molecule has 0 fully saturated rings. The zero-order valence-electron chi connectivity index (χ0n) is 12.2. The van der Waals surface area contributed by atoms with Crippen molar-refractivity contribution in [2.45, 2.75) is 32.9 Å². The third kappa shape index (κ3) is 5.84. The van der Waals surface area contributed by atoms with E-state index in [1.54, 1.807) is 0 Å². The van der Waals surface area contributed by atoms with E-state index in [1.807, 2.05) is 38.1 Å². The summed E-state index contributed by atoms with van der Waals surface area (Å²) in [6, 6.07) is 7.75. The van der Waals surface area contributed by atoms with Crippen LogP contribution in [0.25, 0.3) is 0 Å². The van der Waals surface area contributed by atoms with Crippen molar-refractivity contribution in [3.63, 3.8) is 0 Å². The fourth-order valence-corrected chi connectivity index (χ4v) is 1.81. The molecule has 0 saturated carbocycles. The Morgan fingerprint density at radius 3 is 2.45 bits per heavy atom. The Bertz CT molecular complexity index is 458. The highest BCUT2D eigenvalue weighted by molar-refractivity contribution is 5.78. The first-order valence-electron chi connectivity index (χ1n) is 6.66. The summed E-state index contributed by atoms with van der Waals surface area (Å²) in [4.78, 5) is 22.8. The van der Waals surface area contributed by atoms with Crippen LogP contribution in [-0.2, 0) is 27.3 Å². The molecule has 5 nitrogen and oxygen atoms in total. The highest BCUT2D eigenvalue weighted by Crippen LogP contribution is 2.09. The van der Waals surface area contributed by atoms with Crippen LogP contribution >= 0.6 is 0 Å². The number of esters is 1. The SMILES string of the molecule is COC(=O)Cc1ccccc1CNCC(=O)NC(C)C. The van der Waals surface area contributed by atoms with Crippen LogP contribution in [0.1, 0.15) is 25.0 Å². The second-order valence-corrected chi connectivity index (χ2v) is 4.85. The molecule has 0 aliphatic carbocycles. The number of rotatable bonds is 7. The van der Waals surface area contributed by atoms with Gasteiger partial charge in [0.25, 0.3) is 0 Å². The van der Waals surface area contributed by atoms with Crippen molar-refractivity contribution >= 4 is 11.9 Å². The van der Waals surface area contributed by atoms with Gasteiger partial charge in [-0.2, -0.15) is 0 Å². The fraction of sp³-hybridized carbons (Fsp3) is 0.467. The molecule has 2 N–H and O–H groups in total. The molecule has 110 valence electrons. The van der Waals surface area contributed by atoms with E-state index in [0.717, 1.165) is 11.1 Å². The van der Waals surface area contributed by atoms with E-state index in [-0.39, 0.29) is 30.9 Å². The van der Waals surface area contributed by atoms with Crippen molar-refractivity contribution in [1.82, 2.24) is 10.6 Å². The molecule has 0 heterocycles. The molecular formula is C15H22N2O3. The molecule has 1 aromatic carbocycles. The minimum atomic E-state index is -0.269. The lowest BCUT2D eigenvalue weighted by Gasteiger charge is -2.11. The lowest BCUT2D eigenvalue weighted by atomic mass is 10.0. The van der Waals surface area contributed by atoms with Crippen LogP contribution < -0.4 is 10.6 Å². The van der Waals surface area contributed by atoms with Crippen LogP contribution in [0.15, 0.2) is 24.3 Å². The predicted octanol–water partition coefficient (Wildman–Crippen LogP) is 1.02. The highest BCUT2D eigenvalue weighted by Gasteiger charge is 2.08. The normalized spacial score (nSPS) is 10.4. The largest absolute Gasteiger partial charge is 0.469 e. The van der Waals surface area contributed by atoms with E-state index in [2.05, 4.69) is 15.4 Å². The number of ether oxygens (including phenoxy) is 1. The molecule has 0 aromatic heterocycles. The minimum Gasteiger partial charge on any atom is -0.469 e. The van der Waals surface area contributed by atoms with E-state index >= 15 is 0 Å². The number of hydrogen-bond acceptors (Lipinski definition) is 4.